The molecule has 0 atom stereocenters. The minimum Gasteiger partial charge on any atom is -0.420 e. The van der Waals surface area contributed by atoms with Crippen molar-refractivity contribution in [1.82, 2.24) is 14.8 Å². The van der Waals surface area contributed by atoms with Crippen LogP contribution >= 0.6 is 0 Å². The summed E-state index contributed by atoms with van der Waals surface area (Å²) in [4.78, 5) is 4.55. The largest absolute Gasteiger partial charge is 0.420 e. The van der Waals surface area contributed by atoms with Gasteiger partial charge in [-0.25, -0.2) is 4.68 Å². The van der Waals surface area contributed by atoms with Gasteiger partial charge >= 0.3 is 0 Å². The maximum Gasteiger partial charge on any atom is 0.297 e. The van der Waals surface area contributed by atoms with Gasteiger partial charge in [-0.2, -0.15) is 10.1 Å². The molecule has 0 amide bonds. The Kier molecular flexibility index (Phi) is 3.31. The molecular formula is C18H16N4O. The van der Waals surface area contributed by atoms with Crippen LogP contribution in [-0.4, -0.2) is 14.8 Å². The number of hydrogen-bond donors (Lipinski definition) is 1. The van der Waals surface area contributed by atoms with Crippen LogP contribution in [0.3, 0.4) is 0 Å². The zero-order valence-electron chi connectivity index (χ0n) is 12.7. The van der Waals surface area contributed by atoms with Gasteiger partial charge in [0.15, 0.2) is 5.58 Å². The average molecular weight is 304 g/mol. The lowest BCUT2D eigenvalue weighted by Gasteiger charge is -2.02. The second kappa shape index (κ2) is 5.61. The number of para-hydroxylation sites is 1. The van der Waals surface area contributed by atoms with Gasteiger partial charge in [-0.3, -0.25) is 0 Å². The molecule has 4 aromatic rings. The van der Waals surface area contributed by atoms with E-state index in [2.05, 4.69) is 27.5 Å². The zero-order valence-corrected chi connectivity index (χ0v) is 12.7. The van der Waals surface area contributed by atoms with Crippen LogP contribution in [0.15, 0.2) is 65.1 Å². The fraction of sp³-hybridized carbons (Fsp3) is 0.111. The minimum absolute atomic E-state index is 0.508. The summed E-state index contributed by atoms with van der Waals surface area (Å²) in [5.41, 5.74) is 4.41. The van der Waals surface area contributed by atoms with E-state index < -0.39 is 0 Å². The van der Waals surface area contributed by atoms with Gasteiger partial charge < -0.3 is 9.73 Å². The highest BCUT2D eigenvalue weighted by Crippen LogP contribution is 2.24. The van der Waals surface area contributed by atoms with Crippen LogP contribution in [0.4, 0.5) is 6.01 Å². The van der Waals surface area contributed by atoms with E-state index >= 15 is 0 Å². The predicted molar refractivity (Wildman–Crippen MR) is 89.6 cm³/mol. The summed E-state index contributed by atoms with van der Waals surface area (Å²) in [5.74, 6) is 0. The molecule has 0 aliphatic carbocycles. The van der Waals surface area contributed by atoms with E-state index in [1.54, 1.807) is 0 Å². The van der Waals surface area contributed by atoms with Gasteiger partial charge in [0, 0.05) is 6.54 Å². The van der Waals surface area contributed by atoms with Gasteiger partial charge in [0.1, 0.15) is 5.69 Å². The standard InChI is InChI=1S/C18H16N4O/c1-13-16-17(22(21-13)15-10-6-3-7-11-15)20-18(23-16)19-12-14-8-4-2-5-9-14/h2-11H,12H2,1H3,(H,19,20). The molecular weight excluding hydrogens is 288 g/mol. The smallest absolute Gasteiger partial charge is 0.297 e. The Labute approximate surface area is 133 Å². The summed E-state index contributed by atoms with van der Waals surface area (Å²) in [6.07, 6.45) is 0. The van der Waals surface area contributed by atoms with Gasteiger partial charge in [-0.15, -0.1) is 0 Å². The van der Waals surface area contributed by atoms with Crippen molar-refractivity contribution in [1.29, 1.82) is 0 Å². The average Bonchev–Trinajstić information content (AvgIpc) is 3.15. The summed E-state index contributed by atoms with van der Waals surface area (Å²) < 4.78 is 7.62. The summed E-state index contributed by atoms with van der Waals surface area (Å²) in [5, 5.41) is 7.74. The normalized spacial score (nSPS) is 11.0. The number of nitrogens with one attached hydrogen (secondary N) is 1. The van der Waals surface area contributed by atoms with Crippen LogP contribution in [0.25, 0.3) is 16.9 Å². The molecule has 2 aromatic heterocycles. The third-order valence-corrected chi connectivity index (χ3v) is 3.68. The first-order chi connectivity index (χ1) is 11.3. The van der Waals surface area contributed by atoms with Crippen LogP contribution in [0, 0.1) is 6.92 Å². The number of oxazole rings is 1. The molecule has 23 heavy (non-hydrogen) atoms. The van der Waals surface area contributed by atoms with Gasteiger partial charge in [0.25, 0.3) is 6.01 Å². The topological polar surface area (TPSA) is 55.9 Å². The van der Waals surface area contributed by atoms with Crippen LogP contribution in [-0.2, 0) is 6.54 Å². The molecule has 0 unspecified atom stereocenters. The summed E-state index contributed by atoms with van der Waals surface area (Å²) in [6, 6.07) is 20.6. The molecule has 0 aliphatic rings. The highest BCUT2D eigenvalue weighted by molar-refractivity contribution is 5.75. The Hall–Kier alpha value is -3.08. The van der Waals surface area contributed by atoms with E-state index in [-0.39, 0.29) is 0 Å². The highest BCUT2D eigenvalue weighted by Gasteiger charge is 2.16. The molecule has 0 fully saturated rings. The molecule has 4 rings (SSSR count). The molecule has 0 saturated carbocycles. The summed E-state index contributed by atoms with van der Waals surface area (Å²) in [7, 11) is 0. The summed E-state index contributed by atoms with van der Waals surface area (Å²) >= 11 is 0. The highest BCUT2D eigenvalue weighted by atomic mass is 16.4. The van der Waals surface area contributed by atoms with Crippen molar-refractivity contribution in [2.75, 3.05) is 5.32 Å². The fourth-order valence-corrected chi connectivity index (χ4v) is 2.53. The quantitative estimate of drug-likeness (QED) is 0.620. The molecule has 0 radical (unpaired) electrons. The number of anilines is 1. The lowest BCUT2D eigenvalue weighted by Crippen LogP contribution is -2.01. The first-order valence-electron chi connectivity index (χ1n) is 7.50. The third kappa shape index (κ3) is 2.57. The predicted octanol–water partition coefficient (Wildman–Crippen LogP) is 3.93. The van der Waals surface area contributed by atoms with Gasteiger partial charge in [-0.05, 0) is 24.6 Å². The van der Waals surface area contributed by atoms with Crippen LogP contribution in [0.2, 0.25) is 0 Å². The van der Waals surface area contributed by atoms with E-state index in [4.69, 9.17) is 4.42 Å². The molecule has 0 aliphatic heterocycles. The zero-order chi connectivity index (χ0) is 15.6. The van der Waals surface area contributed by atoms with Crippen LogP contribution in [0.1, 0.15) is 11.3 Å². The number of aromatic nitrogens is 3. The van der Waals surface area contributed by atoms with E-state index in [9.17, 15) is 0 Å². The first-order valence-corrected chi connectivity index (χ1v) is 7.50. The minimum atomic E-state index is 0.508. The number of benzene rings is 2. The SMILES string of the molecule is Cc1nn(-c2ccccc2)c2nc(NCc3ccccc3)oc12. The van der Waals surface area contributed by atoms with Gasteiger partial charge in [0.2, 0.25) is 5.65 Å². The molecule has 2 heterocycles. The molecule has 1 N–H and O–H groups in total. The Morgan fingerprint density at radius 3 is 2.43 bits per heavy atom. The van der Waals surface area contributed by atoms with Crippen molar-refractivity contribution >= 4 is 17.2 Å². The molecule has 0 spiro atoms. The monoisotopic (exact) mass is 304 g/mol. The van der Waals surface area contributed by atoms with Crippen LogP contribution in [0.5, 0.6) is 0 Å². The Morgan fingerprint density at radius 2 is 1.70 bits per heavy atom. The van der Waals surface area contributed by atoms with Crippen molar-refractivity contribution in [2.24, 2.45) is 0 Å². The van der Waals surface area contributed by atoms with E-state index in [1.165, 1.54) is 5.56 Å². The van der Waals surface area contributed by atoms with Gasteiger partial charge in [-0.1, -0.05) is 48.5 Å². The maximum absolute atomic E-state index is 5.82. The number of rotatable bonds is 4. The molecule has 5 heteroatoms. The number of nitrogens with zero attached hydrogens (tertiary/aromatic N) is 3. The number of hydrogen-bond acceptors (Lipinski definition) is 4. The first kappa shape index (κ1) is 13.6. The Morgan fingerprint density at radius 1 is 1.00 bits per heavy atom. The molecule has 0 saturated heterocycles. The van der Waals surface area contributed by atoms with E-state index in [0.29, 0.717) is 18.1 Å². The molecule has 114 valence electrons. The van der Waals surface area contributed by atoms with Crippen molar-refractivity contribution in [3.63, 3.8) is 0 Å². The molecule has 0 bridgehead atoms. The lowest BCUT2D eigenvalue weighted by molar-refractivity contribution is 0.610. The molecule has 2 aromatic carbocycles. The Balaban J connectivity index is 1.66. The number of fused-ring (bicyclic) bond motifs is 1. The van der Waals surface area contributed by atoms with E-state index in [0.717, 1.165) is 17.0 Å². The van der Waals surface area contributed by atoms with Crippen molar-refractivity contribution in [3.05, 3.63) is 71.9 Å². The second-order valence-electron chi connectivity index (χ2n) is 5.34. The van der Waals surface area contributed by atoms with Gasteiger partial charge in [0.05, 0.1) is 5.69 Å². The number of aryl methyl sites for hydroxylation is 1. The van der Waals surface area contributed by atoms with Crippen LogP contribution < -0.4 is 5.32 Å². The van der Waals surface area contributed by atoms with Crippen molar-refractivity contribution in [2.45, 2.75) is 13.5 Å². The molecule has 5 nitrogen and oxygen atoms in total. The third-order valence-electron chi connectivity index (χ3n) is 3.68. The lowest BCUT2D eigenvalue weighted by atomic mass is 10.2. The van der Waals surface area contributed by atoms with Crippen molar-refractivity contribution in [3.8, 4) is 5.69 Å². The van der Waals surface area contributed by atoms with Crippen molar-refractivity contribution < 1.29 is 4.42 Å². The fourth-order valence-electron chi connectivity index (χ4n) is 2.53. The second-order valence-corrected chi connectivity index (χ2v) is 5.34. The Bertz CT molecular complexity index is 926. The van der Waals surface area contributed by atoms with E-state index in [1.807, 2.05) is 60.1 Å². The maximum atomic E-state index is 5.82. The summed E-state index contributed by atoms with van der Waals surface area (Å²) in [6.45, 7) is 2.59.